The van der Waals surface area contributed by atoms with Crippen LogP contribution in [-0.4, -0.2) is 28.4 Å². The summed E-state index contributed by atoms with van der Waals surface area (Å²) >= 11 is 0. The van der Waals surface area contributed by atoms with Gasteiger partial charge in [-0.05, 0) is 17.2 Å². The van der Waals surface area contributed by atoms with E-state index in [1.54, 1.807) is 66.9 Å². The molecule has 0 saturated carbocycles. The number of carbonyl (C=O) groups is 2. The van der Waals surface area contributed by atoms with Gasteiger partial charge in [0.2, 0.25) is 11.4 Å². The third-order valence-corrected chi connectivity index (χ3v) is 4.90. The van der Waals surface area contributed by atoms with Crippen LogP contribution in [0.1, 0.15) is 21.5 Å². The van der Waals surface area contributed by atoms with Gasteiger partial charge in [-0.15, -0.1) is 0 Å². The minimum atomic E-state index is -2.01. The summed E-state index contributed by atoms with van der Waals surface area (Å²) in [6, 6.07) is 24.5. The summed E-state index contributed by atoms with van der Waals surface area (Å²) in [4.78, 5) is 28.6. The molecule has 0 aliphatic carbocycles. The Balaban J connectivity index is 1.60. The minimum absolute atomic E-state index is 0.348. The second-order valence-electron chi connectivity index (χ2n) is 6.69. The molecule has 1 aromatic heterocycles. The van der Waals surface area contributed by atoms with E-state index in [0.29, 0.717) is 16.7 Å². The van der Waals surface area contributed by atoms with Crippen molar-refractivity contribution in [3.05, 3.63) is 108 Å². The molecule has 1 heterocycles. The van der Waals surface area contributed by atoms with Crippen LogP contribution in [0.4, 0.5) is 0 Å². The van der Waals surface area contributed by atoms with Crippen molar-refractivity contribution >= 4 is 22.7 Å². The molecule has 144 valence electrons. The molecule has 0 saturated heterocycles. The maximum Gasteiger partial charge on any atom is 0.348 e. The fourth-order valence-corrected chi connectivity index (χ4v) is 3.38. The van der Waals surface area contributed by atoms with Crippen LogP contribution < -0.4 is 0 Å². The van der Waals surface area contributed by atoms with E-state index in [1.807, 2.05) is 24.3 Å². The summed E-state index contributed by atoms with van der Waals surface area (Å²) in [7, 11) is 0. The number of aromatic nitrogens is 1. The maximum absolute atomic E-state index is 13.0. The third-order valence-electron chi connectivity index (χ3n) is 4.90. The molecule has 5 heteroatoms. The molecule has 0 amide bonds. The van der Waals surface area contributed by atoms with Gasteiger partial charge >= 0.3 is 5.97 Å². The number of nitrogens with one attached hydrogen (secondary N) is 1. The lowest BCUT2D eigenvalue weighted by atomic mass is 9.86. The van der Waals surface area contributed by atoms with Gasteiger partial charge in [0.15, 0.2) is 6.61 Å². The van der Waals surface area contributed by atoms with Crippen LogP contribution >= 0.6 is 0 Å². The number of fused-ring (bicyclic) bond motifs is 1. The minimum Gasteiger partial charge on any atom is -0.455 e. The molecule has 0 aliphatic rings. The van der Waals surface area contributed by atoms with E-state index in [1.165, 1.54) is 0 Å². The number of ketones is 1. The molecule has 0 bridgehead atoms. The highest BCUT2D eigenvalue weighted by Gasteiger charge is 2.41. The third kappa shape index (κ3) is 3.44. The van der Waals surface area contributed by atoms with Crippen molar-refractivity contribution in [2.75, 3.05) is 6.61 Å². The Morgan fingerprint density at radius 1 is 0.828 bits per heavy atom. The molecule has 4 rings (SSSR count). The average Bonchev–Trinajstić information content (AvgIpc) is 3.22. The van der Waals surface area contributed by atoms with E-state index < -0.39 is 18.2 Å². The van der Waals surface area contributed by atoms with Crippen LogP contribution in [0, 0.1) is 0 Å². The van der Waals surface area contributed by atoms with Crippen LogP contribution in [0.3, 0.4) is 0 Å². The maximum atomic E-state index is 13.0. The summed E-state index contributed by atoms with van der Waals surface area (Å²) in [5.74, 6) is -1.25. The van der Waals surface area contributed by atoms with Crippen molar-refractivity contribution in [3.8, 4) is 0 Å². The zero-order valence-corrected chi connectivity index (χ0v) is 15.5. The molecule has 4 aromatic rings. The molecule has 0 aliphatic heterocycles. The van der Waals surface area contributed by atoms with Gasteiger partial charge in [-0.25, -0.2) is 4.79 Å². The first-order chi connectivity index (χ1) is 14.1. The van der Waals surface area contributed by atoms with Gasteiger partial charge in [0.25, 0.3) is 0 Å². The zero-order valence-electron chi connectivity index (χ0n) is 15.5. The van der Waals surface area contributed by atoms with E-state index in [0.717, 1.165) is 10.9 Å². The van der Waals surface area contributed by atoms with Gasteiger partial charge in [0.1, 0.15) is 0 Å². The Morgan fingerprint density at radius 3 is 2.00 bits per heavy atom. The SMILES string of the molecule is O=C(COC(=O)C(O)(c1ccccc1)c1ccccc1)c1c[nH]c2ccccc12. The standard InChI is InChI=1S/C24H19NO4/c26-22(20-15-25-21-14-8-7-13-19(20)21)16-29-23(27)24(28,17-9-3-1-4-10-17)18-11-5-2-6-12-18/h1-15,25,28H,16H2. The van der Waals surface area contributed by atoms with Crippen LogP contribution in [0.5, 0.6) is 0 Å². The van der Waals surface area contributed by atoms with Crippen LogP contribution in [0.25, 0.3) is 10.9 Å². The van der Waals surface area contributed by atoms with E-state index in [9.17, 15) is 14.7 Å². The first kappa shape index (κ1) is 18.7. The number of benzene rings is 3. The second kappa shape index (κ2) is 7.73. The van der Waals surface area contributed by atoms with E-state index >= 15 is 0 Å². The lowest BCUT2D eigenvalue weighted by Gasteiger charge is -2.26. The molecule has 0 radical (unpaired) electrons. The van der Waals surface area contributed by atoms with Gasteiger partial charge in [-0.2, -0.15) is 0 Å². The second-order valence-corrected chi connectivity index (χ2v) is 6.69. The van der Waals surface area contributed by atoms with E-state index in [4.69, 9.17) is 4.74 Å². The predicted octanol–water partition coefficient (Wildman–Crippen LogP) is 3.83. The first-order valence-corrected chi connectivity index (χ1v) is 9.20. The number of aliphatic hydroxyl groups is 1. The first-order valence-electron chi connectivity index (χ1n) is 9.20. The molecule has 3 aromatic carbocycles. The van der Waals surface area contributed by atoms with Crippen molar-refractivity contribution in [3.63, 3.8) is 0 Å². The number of Topliss-reactive ketones (excluding diaryl/α,β-unsaturated/α-hetero) is 1. The zero-order chi connectivity index (χ0) is 20.3. The molecule has 0 spiro atoms. The topological polar surface area (TPSA) is 79.4 Å². The molecular weight excluding hydrogens is 366 g/mol. The highest BCUT2D eigenvalue weighted by Crippen LogP contribution is 2.31. The number of para-hydroxylation sites is 1. The number of aromatic amines is 1. The van der Waals surface area contributed by atoms with E-state index in [2.05, 4.69) is 4.98 Å². The molecule has 2 N–H and O–H groups in total. The quantitative estimate of drug-likeness (QED) is 0.391. The van der Waals surface area contributed by atoms with Gasteiger partial charge < -0.3 is 14.8 Å². The van der Waals surface area contributed by atoms with Crippen molar-refractivity contribution in [1.82, 2.24) is 4.98 Å². The van der Waals surface area contributed by atoms with Crippen LogP contribution in [0.2, 0.25) is 0 Å². The Bertz CT molecular complexity index is 1110. The van der Waals surface area contributed by atoms with Gasteiger partial charge in [0, 0.05) is 22.7 Å². The smallest absolute Gasteiger partial charge is 0.348 e. The van der Waals surface area contributed by atoms with Gasteiger partial charge in [-0.3, -0.25) is 4.79 Å². The van der Waals surface area contributed by atoms with Crippen LogP contribution in [0.15, 0.2) is 91.1 Å². The molecule has 29 heavy (non-hydrogen) atoms. The Morgan fingerprint density at radius 2 is 1.38 bits per heavy atom. The fraction of sp³-hybridized carbons (Fsp3) is 0.0833. The number of hydrogen-bond acceptors (Lipinski definition) is 4. The number of ether oxygens (including phenoxy) is 1. The predicted molar refractivity (Wildman–Crippen MR) is 109 cm³/mol. The van der Waals surface area contributed by atoms with E-state index in [-0.39, 0.29) is 5.78 Å². The Kier molecular flexibility index (Phi) is 4.97. The number of rotatable bonds is 6. The summed E-state index contributed by atoms with van der Waals surface area (Å²) in [5, 5.41) is 12.1. The fourth-order valence-electron chi connectivity index (χ4n) is 3.38. The molecule has 0 atom stereocenters. The molecule has 0 fully saturated rings. The highest BCUT2D eigenvalue weighted by molar-refractivity contribution is 6.09. The Labute approximate surface area is 167 Å². The van der Waals surface area contributed by atoms with Gasteiger partial charge in [0.05, 0.1) is 0 Å². The monoisotopic (exact) mass is 385 g/mol. The Hall–Kier alpha value is -3.70. The molecule has 0 unspecified atom stereocenters. The lowest BCUT2D eigenvalue weighted by molar-refractivity contribution is -0.160. The largest absolute Gasteiger partial charge is 0.455 e. The summed E-state index contributed by atoms with van der Waals surface area (Å²) in [6.07, 6.45) is 1.60. The summed E-state index contributed by atoms with van der Waals surface area (Å²) in [5.41, 5.74) is -0.00155. The summed E-state index contributed by atoms with van der Waals surface area (Å²) < 4.78 is 5.30. The number of carbonyl (C=O) groups excluding carboxylic acids is 2. The van der Waals surface area contributed by atoms with Gasteiger partial charge in [-0.1, -0.05) is 78.9 Å². The average molecular weight is 385 g/mol. The number of hydrogen-bond donors (Lipinski definition) is 2. The highest BCUT2D eigenvalue weighted by atomic mass is 16.6. The number of esters is 1. The van der Waals surface area contributed by atoms with Crippen molar-refractivity contribution in [1.29, 1.82) is 0 Å². The normalized spacial score (nSPS) is 11.3. The van der Waals surface area contributed by atoms with Crippen molar-refractivity contribution < 1.29 is 19.4 Å². The van der Waals surface area contributed by atoms with Crippen LogP contribution in [-0.2, 0) is 15.1 Å². The molecule has 5 nitrogen and oxygen atoms in total. The summed E-state index contributed by atoms with van der Waals surface area (Å²) in [6.45, 7) is -0.470. The van der Waals surface area contributed by atoms with Crippen molar-refractivity contribution in [2.45, 2.75) is 5.60 Å². The molecular formula is C24H19NO4. The van der Waals surface area contributed by atoms with Crippen molar-refractivity contribution in [2.24, 2.45) is 0 Å². The number of H-pyrrole nitrogens is 1. The lowest BCUT2D eigenvalue weighted by Crippen LogP contribution is -2.39.